The lowest BCUT2D eigenvalue weighted by molar-refractivity contribution is -0.137. The number of carbonyl (C=O) groups is 1. The molecule has 1 fully saturated rings. The standard InChI is InChI=1S/C25H26F3N3O2S/c1-15(30-23(32)24-31-22(14-34-24)18-8-10-33-11-9-18)16-2-4-17(5-3-16)21-12-20(25(26,27)28)7-6-19(21)13-29/h2-7,12,14-15,18H,8-11,13,29H2,1H3,(H,30,32)/t15-/m1/s1. The van der Waals surface area contributed by atoms with Crippen molar-refractivity contribution in [2.75, 3.05) is 13.2 Å². The van der Waals surface area contributed by atoms with Crippen LogP contribution >= 0.6 is 11.3 Å². The number of thiazole rings is 1. The molecule has 2 aromatic carbocycles. The summed E-state index contributed by atoms with van der Waals surface area (Å²) < 4.78 is 44.9. The Bertz CT molecular complexity index is 1140. The Morgan fingerprint density at radius 2 is 1.91 bits per heavy atom. The van der Waals surface area contributed by atoms with Crippen LogP contribution in [0.5, 0.6) is 0 Å². The van der Waals surface area contributed by atoms with Crippen molar-refractivity contribution >= 4 is 17.2 Å². The van der Waals surface area contributed by atoms with Gasteiger partial charge in [0.05, 0.1) is 17.3 Å². The van der Waals surface area contributed by atoms with Crippen LogP contribution in [0.25, 0.3) is 11.1 Å². The van der Waals surface area contributed by atoms with E-state index in [1.807, 2.05) is 12.3 Å². The Morgan fingerprint density at radius 3 is 2.56 bits per heavy atom. The van der Waals surface area contributed by atoms with Crippen LogP contribution in [-0.4, -0.2) is 24.1 Å². The van der Waals surface area contributed by atoms with Crippen LogP contribution in [-0.2, 0) is 17.5 Å². The van der Waals surface area contributed by atoms with Crippen molar-refractivity contribution in [3.8, 4) is 11.1 Å². The second-order valence-corrected chi connectivity index (χ2v) is 9.21. The van der Waals surface area contributed by atoms with Gasteiger partial charge >= 0.3 is 6.18 Å². The Kier molecular flexibility index (Phi) is 7.35. The van der Waals surface area contributed by atoms with Gasteiger partial charge in [0.25, 0.3) is 5.91 Å². The highest BCUT2D eigenvalue weighted by molar-refractivity contribution is 7.11. The summed E-state index contributed by atoms with van der Waals surface area (Å²) in [4.78, 5) is 17.2. The van der Waals surface area contributed by atoms with E-state index in [9.17, 15) is 18.0 Å². The fourth-order valence-corrected chi connectivity index (χ4v) is 4.87. The van der Waals surface area contributed by atoms with Gasteiger partial charge in [0.15, 0.2) is 5.01 Å². The smallest absolute Gasteiger partial charge is 0.381 e. The van der Waals surface area contributed by atoms with E-state index in [1.54, 1.807) is 24.3 Å². The molecule has 1 aliphatic heterocycles. The molecule has 9 heteroatoms. The largest absolute Gasteiger partial charge is 0.416 e. The highest BCUT2D eigenvalue weighted by Gasteiger charge is 2.31. The highest BCUT2D eigenvalue weighted by Crippen LogP contribution is 2.34. The van der Waals surface area contributed by atoms with Crippen LogP contribution in [0.2, 0.25) is 0 Å². The molecule has 1 atom stereocenters. The summed E-state index contributed by atoms with van der Waals surface area (Å²) in [7, 11) is 0. The number of nitrogens with zero attached hydrogens (tertiary/aromatic N) is 1. The molecule has 0 aliphatic carbocycles. The first-order valence-electron chi connectivity index (χ1n) is 11.1. The number of alkyl halides is 3. The predicted octanol–water partition coefficient (Wildman–Crippen LogP) is 5.67. The molecule has 0 bridgehead atoms. The number of halogens is 3. The van der Waals surface area contributed by atoms with Gasteiger partial charge in [-0.15, -0.1) is 11.3 Å². The van der Waals surface area contributed by atoms with Crippen LogP contribution in [0.15, 0.2) is 47.8 Å². The molecule has 1 aliphatic rings. The van der Waals surface area contributed by atoms with Crippen molar-refractivity contribution in [3.63, 3.8) is 0 Å². The summed E-state index contributed by atoms with van der Waals surface area (Å²) in [6.07, 6.45) is -2.61. The van der Waals surface area contributed by atoms with Crippen LogP contribution in [0.3, 0.4) is 0 Å². The summed E-state index contributed by atoms with van der Waals surface area (Å²) >= 11 is 1.33. The molecule has 0 radical (unpaired) electrons. The van der Waals surface area contributed by atoms with Gasteiger partial charge in [-0.05, 0) is 54.2 Å². The summed E-state index contributed by atoms with van der Waals surface area (Å²) in [6.45, 7) is 3.41. The average molecular weight is 490 g/mol. The number of hydrogen-bond donors (Lipinski definition) is 2. The monoisotopic (exact) mass is 489 g/mol. The van der Waals surface area contributed by atoms with Crippen molar-refractivity contribution in [2.45, 2.75) is 44.4 Å². The van der Waals surface area contributed by atoms with E-state index >= 15 is 0 Å². The maximum Gasteiger partial charge on any atom is 0.416 e. The molecule has 4 rings (SSSR count). The van der Waals surface area contributed by atoms with Crippen molar-refractivity contribution in [1.29, 1.82) is 0 Å². The lowest BCUT2D eigenvalue weighted by atomic mass is 9.95. The lowest BCUT2D eigenvalue weighted by Crippen LogP contribution is -2.26. The number of aromatic nitrogens is 1. The third-order valence-corrected chi connectivity index (χ3v) is 6.94. The molecule has 34 heavy (non-hydrogen) atoms. The van der Waals surface area contributed by atoms with Gasteiger partial charge in [0.1, 0.15) is 0 Å². The molecule has 3 aromatic rings. The van der Waals surface area contributed by atoms with Crippen LogP contribution < -0.4 is 11.1 Å². The van der Waals surface area contributed by atoms with Crippen LogP contribution in [0, 0.1) is 0 Å². The third-order valence-electron chi connectivity index (χ3n) is 6.08. The number of amides is 1. The molecule has 0 unspecified atom stereocenters. The van der Waals surface area contributed by atoms with E-state index in [1.165, 1.54) is 17.4 Å². The fraction of sp³-hybridized carbons (Fsp3) is 0.360. The van der Waals surface area contributed by atoms with Gasteiger partial charge in [0, 0.05) is 31.1 Å². The van der Waals surface area contributed by atoms with Crippen molar-refractivity contribution in [3.05, 3.63) is 75.2 Å². The first kappa shape index (κ1) is 24.4. The van der Waals surface area contributed by atoms with E-state index in [2.05, 4.69) is 10.3 Å². The summed E-state index contributed by atoms with van der Waals surface area (Å²) in [6, 6.07) is 10.4. The average Bonchev–Trinajstić information content (AvgIpc) is 3.34. The van der Waals surface area contributed by atoms with E-state index in [4.69, 9.17) is 10.5 Å². The van der Waals surface area contributed by atoms with Gasteiger partial charge < -0.3 is 15.8 Å². The molecule has 0 spiro atoms. The molecule has 1 aromatic heterocycles. The minimum atomic E-state index is -4.43. The Hall–Kier alpha value is -2.75. The van der Waals surface area contributed by atoms with Crippen LogP contribution in [0.1, 0.15) is 63.9 Å². The van der Waals surface area contributed by atoms with Gasteiger partial charge in [-0.2, -0.15) is 13.2 Å². The zero-order valence-corrected chi connectivity index (χ0v) is 19.5. The minimum absolute atomic E-state index is 0.130. The highest BCUT2D eigenvalue weighted by atomic mass is 32.1. The fourth-order valence-electron chi connectivity index (χ4n) is 4.06. The van der Waals surface area contributed by atoms with Crippen molar-refractivity contribution in [1.82, 2.24) is 10.3 Å². The number of carbonyl (C=O) groups excluding carboxylic acids is 1. The maximum atomic E-state index is 13.2. The van der Waals surface area contributed by atoms with Gasteiger partial charge in [-0.3, -0.25) is 4.79 Å². The first-order valence-corrected chi connectivity index (χ1v) is 12.0. The molecular weight excluding hydrogens is 463 g/mol. The third kappa shape index (κ3) is 5.48. The Morgan fingerprint density at radius 1 is 1.21 bits per heavy atom. The molecule has 2 heterocycles. The number of rotatable bonds is 6. The normalized spacial score (nSPS) is 15.8. The van der Waals surface area contributed by atoms with Gasteiger partial charge in [-0.1, -0.05) is 30.3 Å². The van der Waals surface area contributed by atoms with E-state index < -0.39 is 11.7 Å². The molecule has 0 saturated carbocycles. The lowest BCUT2D eigenvalue weighted by Gasteiger charge is -2.20. The molecule has 3 N–H and O–H groups in total. The summed E-state index contributed by atoms with van der Waals surface area (Å²) in [5.41, 5.74) is 8.51. The quantitative estimate of drug-likeness (QED) is 0.468. The molecular formula is C25H26F3N3O2S. The van der Waals surface area contributed by atoms with Gasteiger partial charge in [-0.25, -0.2) is 4.98 Å². The van der Waals surface area contributed by atoms with E-state index in [-0.39, 0.29) is 18.5 Å². The topological polar surface area (TPSA) is 77.2 Å². The second-order valence-electron chi connectivity index (χ2n) is 8.36. The second kappa shape index (κ2) is 10.2. The zero-order chi connectivity index (χ0) is 24.3. The predicted molar refractivity (Wildman–Crippen MR) is 126 cm³/mol. The summed E-state index contributed by atoms with van der Waals surface area (Å²) in [5, 5.41) is 5.31. The number of hydrogen-bond acceptors (Lipinski definition) is 5. The zero-order valence-electron chi connectivity index (χ0n) is 18.7. The number of ether oxygens (including phenoxy) is 1. The summed E-state index contributed by atoms with van der Waals surface area (Å²) in [5.74, 6) is 0.0777. The molecule has 180 valence electrons. The van der Waals surface area contributed by atoms with E-state index in [0.29, 0.717) is 40.8 Å². The van der Waals surface area contributed by atoms with Gasteiger partial charge in [0.2, 0.25) is 0 Å². The maximum absolute atomic E-state index is 13.2. The number of benzene rings is 2. The van der Waals surface area contributed by atoms with E-state index in [0.717, 1.165) is 36.2 Å². The molecule has 1 saturated heterocycles. The number of nitrogens with one attached hydrogen (secondary N) is 1. The first-order chi connectivity index (χ1) is 16.3. The molecule has 1 amide bonds. The van der Waals surface area contributed by atoms with Crippen LogP contribution in [0.4, 0.5) is 13.2 Å². The Balaban J connectivity index is 1.46. The minimum Gasteiger partial charge on any atom is -0.381 e. The Labute approximate surface area is 200 Å². The number of nitrogens with two attached hydrogens (primary N) is 1. The van der Waals surface area contributed by atoms with Crippen molar-refractivity contribution < 1.29 is 22.7 Å². The van der Waals surface area contributed by atoms with Crippen molar-refractivity contribution in [2.24, 2.45) is 5.73 Å². The molecule has 5 nitrogen and oxygen atoms in total. The SMILES string of the molecule is C[C@@H](NC(=O)c1nc(C2CCOCC2)cs1)c1ccc(-c2cc(C(F)(F)F)ccc2CN)cc1.